The van der Waals surface area contributed by atoms with Crippen LogP contribution < -0.4 is 11.1 Å². The van der Waals surface area contributed by atoms with Gasteiger partial charge in [-0.05, 0) is 31.4 Å². The first kappa shape index (κ1) is 16.0. The summed E-state index contributed by atoms with van der Waals surface area (Å²) in [6, 6.07) is 5.10. The number of hydrogen-bond donors (Lipinski definition) is 2. The molecule has 0 aliphatic rings. The SMILES string of the molecule is Cc1ccc(N)c(C(=O)OCC(=O)NCCC(C)C)c1. The number of anilines is 1. The minimum absolute atomic E-state index is 0.287. The van der Waals surface area contributed by atoms with E-state index in [9.17, 15) is 9.59 Å². The van der Waals surface area contributed by atoms with Gasteiger partial charge in [0.1, 0.15) is 0 Å². The van der Waals surface area contributed by atoms with Gasteiger partial charge in [0.25, 0.3) is 5.91 Å². The molecule has 0 aliphatic carbocycles. The number of benzene rings is 1. The molecule has 0 unspecified atom stereocenters. The van der Waals surface area contributed by atoms with E-state index in [2.05, 4.69) is 19.2 Å². The van der Waals surface area contributed by atoms with Crippen molar-refractivity contribution in [2.24, 2.45) is 5.92 Å². The zero-order valence-electron chi connectivity index (χ0n) is 12.2. The fourth-order valence-corrected chi connectivity index (χ4v) is 1.61. The maximum Gasteiger partial charge on any atom is 0.340 e. The molecule has 0 atom stereocenters. The first-order valence-electron chi connectivity index (χ1n) is 6.70. The second-order valence-electron chi connectivity index (χ2n) is 5.20. The molecule has 5 nitrogen and oxygen atoms in total. The van der Waals surface area contributed by atoms with Crippen LogP contribution in [-0.4, -0.2) is 25.0 Å². The molecule has 0 heterocycles. The second-order valence-corrected chi connectivity index (χ2v) is 5.20. The Morgan fingerprint density at radius 1 is 1.35 bits per heavy atom. The zero-order valence-corrected chi connectivity index (χ0v) is 12.2. The predicted octanol–water partition coefficient (Wildman–Crippen LogP) is 1.90. The molecule has 5 heteroatoms. The van der Waals surface area contributed by atoms with Crippen LogP contribution in [0.5, 0.6) is 0 Å². The molecule has 0 aliphatic heterocycles. The van der Waals surface area contributed by atoms with E-state index in [0.717, 1.165) is 12.0 Å². The summed E-state index contributed by atoms with van der Waals surface area (Å²) in [5.74, 6) is -0.361. The van der Waals surface area contributed by atoms with Crippen molar-refractivity contribution < 1.29 is 14.3 Å². The molecular formula is C15H22N2O3. The number of rotatable bonds is 6. The van der Waals surface area contributed by atoms with Crippen LogP contribution in [-0.2, 0) is 9.53 Å². The number of hydrogen-bond acceptors (Lipinski definition) is 4. The second kappa shape index (κ2) is 7.53. The molecule has 0 saturated heterocycles. The zero-order chi connectivity index (χ0) is 15.1. The minimum atomic E-state index is -0.579. The van der Waals surface area contributed by atoms with Crippen molar-refractivity contribution in [1.82, 2.24) is 5.32 Å². The Hall–Kier alpha value is -2.04. The van der Waals surface area contributed by atoms with Crippen LogP contribution >= 0.6 is 0 Å². The third kappa shape index (κ3) is 5.30. The maximum absolute atomic E-state index is 11.8. The average molecular weight is 278 g/mol. The first-order chi connectivity index (χ1) is 9.40. The molecule has 0 saturated carbocycles. The number of amides is 1. The first-order valence-corrected chi connectivity index (χ1v) is 6.70. The average Bonchev–Trinajstić information content (AvgIpc) is 2.38. The van der Waals surface area contributed by atoms with Crippen LogP contribution in [0.15, 0.2) is 18.2 Å². The van der Waals surface area contributed by atoms with Crippen molar-refractivity contribution in [2.75, 3.05) is 18.9 Å². The van der Waals surface area contributed by atoms with Gasteiger partial charge >= 0.3 is 5.97 Å². The predicted molar refractivity (Wildman–Crippen MR) is 78.3 cm³/mol. The van der Waals surface area contributed by atoms with Gasteiger partial charge in [0.2, 0.25) is 0 Å². The van der Waals surface area contributed by atoms with Gasteiger partial charge < -0.3 is 15.8 Å². The topological polar surface area (TPSA) is 81.4 Å². The number of nitrogen functional groups attached to an aromatic ring is 1. The van der Waals surface area contributed by atoms with Gasteiger partial charge in [-0.25, -0.2) is 4.79 Å². The van der Waals surface area contributed by atoms with E-state index < -0.39 is 5.97 Å². The third-order valence-electron chi connectivity index (χ3n) is 2.81. The molecule has 110 valence electrons. The van der Waals surface area contributed by atoms with Crippen LogP contribution in [0, 0.1) is 12.8 Å². The van der Waals surface area contributed by atoms with Gasteiger partial charge in [-0.15, -0.1) is 0 Å². The van der Waals surface area contributed by atoms with Crippen molar-refractivity contribution in [3.05, 3.63) is 29.3 Å². The fraction of sp³-hybridized carbons (Fsp3) is 0.467. The molecule has 3 N–H and O–H groups in total. The summed E-state index contributed by atoms with van der Waals surface area (Å²) >= 11 is 0. The molecular weight excluding hydrogens is 256 g/mol. The van der Waals surface area contributed by atoms with E-state index in [1.54, 1.807) is 12.1 Å². The lowest BCUT2D eigenvalue weighted by Gasteiger charge is -2.09. The van der Waals surface area contributed by atoms with E-state index in [4.69, 9.17) is 10.5 Å². The number of carbonyl (C=O) groups is 2. The number of carbonyl (C=O) groups excluding carboxylic acids is 2. The molecule has 1 rings (SSSR count). The number of aryl methyl sites for hydroxylation is 1. The Morgan fingerprint density at radius 2 is 2.05 bits per heavy atom. The lowest BCUT2D eigenvalue weighted by molar-refractivity contribution is -0.124. The summed E-state index contributed by atoms with van der Waals surface area (Å²) in [5, 5.41) is 2.70. The highest BCUT2D eigenvalue weighted by Gasteiger charge is 2.13. The third-order valence-corrected chi connectivity index (χ3v) is 2.81. The number of nitrogens with two attached hydrogens (primary N) is 1. The lowest BCUT2D eigenvalue weighted by atomic mass is 10.1. The van der Waals surface area contributed by atoms with E-state index in [1.807, 2.05) is 13.0 Å². The number of nitrogens with one attached hydrogen (secondary N) is 1. The van der Waals surface area contributed by atoms with Crippen LogP contribution in [0.25, 0.3) is 0 Å². The molecule has 0 spiro atoms. The Morgan fingerprint density at radius 3 is 2.70 bits per heavy atom. The summed E-state index contributed by atoms with van der Waals surface area (Å²) in [6.45, 7) is 6.30. The molecule has 0 aromatic heterocycles. The smallest absolute Gasteiger partial charge is 0.340 e. The van der Waals surface area contributed by atoms with Crippen LogP contribution in [0.4, 0.5) is 5.69 Å². The molecule has 1 aromatic rings. The summed E-state index contributed by atoms with van der Waals surface area (Å²) in [4.78, 5) is 23.3. The quantitative estimate of drug-likeness (QED) is 0.615. The van der Waals surface area contributed by atoms with Gasteiger partial charge in [0.15, 0.2) is 6.61 Å². The summed E-state index contributed by atoms with van der Waals surface area (Å²) in [7, 11) is 0. The Bertz CT molecular complexity index is 484. The fourth-order valence-electron chi connectivity index (χ4n) is 1.61. The molecule has 1 aromatic carbocycles. The highest BCUT2D eigenvalue weighted by molar-refractivity contribution is 5.96. The summed E-state index contributed by atoms with van der Waals surface area (Å²) in [6.07, 6.45) is 0.893. The molecule has 0 bridgehead atoms. The van der Waals surface area contributed by atoms with Crippen LogP contribution in [0.2, 0.25) is 0 Å². The summed E-state index contributed by atoms with van der Waals surface area (Å²) < 4.78 is 4.95. The van der Waals surface area contributed by atoms with Crippen molar-refractivity contribution >= 4 is 17.6 Å². The summed E-state index contributed by atoms with van der Waals surface area (Å²) in [5.41, 5.74) is 7.26. The van der Waals surface area contributed by atoms with Gasteiger partial charge in [-0.2, -0.15) is 0 Å². The lowest BCUT2D eigenvalue weighted by Crippen LogP contribution is -2.30. The van der Waals surface area contributed by atoms with Crippen LogP contribution in [0.3, 0.4) is 0 Å². The van der Waals surface area contributed by atoms with E-state index in [-0.39, 0.29) is 12.5 Å². The van der Waals surface area contributed by atoms with Crippen molar-refractivity contribution in [1.29, 1.82) is 0 Å². The van der Waals surface area contributed by atoms with E-state index in [1.165, 1.54) is 0 Å². The number of esters is 1. The monoisotopic (exact) mass is 278 g/mol. The molecule has 1 amide bonds. The Balaban J connectivity index is 2.43. The normalized spacial score (nSPS) is 10.4. The largest absolute Gasteiger partial charge is 0.452 e. The van der Waals surface area contributed by atoms with Crippen molar-refractivity contribution in [3.63, 3.8) is 0 Å². The molecule has 0 fully saturated rings. The Labute approximate surface area is 119 Å². The molecule has 0 radical (unpaired) electrons. The minimum Gasteiger partial charge on any atom is -0.452 e. The highest BCUT2D eigenvalue weighted by Crippen LogP contribution is 2.14. The number of ether oxygens (including phenoxy) is 1. The van der Waals surface area contributed by atoms with Gasteiger partial charge in [0, 0.05) is 12.2 Å². The van der Waals surface area contributed by atoms with Gasteiger partial charge in [0.05, 0.1) is 5.56 Å². The van der Waals surface area contributed by atoms with Crippen molar-refractivity contribution in [3.8, 4) is 0 Å². The van der Waals surface area contributed by atoms with Crippen molar-refractivity contribution in [2.45, 2.75) is 27.2 Å². The van der Waals surface area contributed by atoms with Gasteiger partial charge in [-0.3, -0.25) is 4.79 Å². The van der Waals surface area contributed by atoms with E-state index in [0.29, 0.717) is 23.7 Å². The maximum atomic E-state index is 11.8. The highest BCUT2D eigenvalue weighted by atomic mass is 16.5. The van der Waals surface area contributed by atoms with Gasteiger partial charge in [-0.1, -0.05) is 25.5 Å². The van der Waals surface area contributed by atoms with E-state index >= 15 is 0 Å². The molecule has 20 heavy (non-hydrogen) atoms. The van der Waals surface area contributed by atoms with Crippen LogP contribution in [0.1, 0.15) is 36.2 Å². The Kier molecular flexibility index (Phi) is 6.03. The standard InChI is InChI=1S/C15H22N2O3/c1-10(2)6-7-17-14(18)9-20-15(19)12-8-11(3)4-5-13(12)16/h4-5,8,10H,6-7,9,16H2,1-3H3,(H,17,18).